The van der Waals surface area contributed by atoms with Crippen molar-refractivity contribution in [2.24, 2.45) is 0 Å². The Morgan fingerprint density at radius 1 is 1.05 bits per heavy atom. The first-order valence-corrected chi connectivity index (χ1v) is 12.4. The molecule has 1 N–H and O–H groups in total. The maximum Gasteiger partial charge on any atom is 0.433 e. The second-order valence-corrected chi connectivity index (χ2v) is 9.51. The van der Waals surface area contributed by atoms with Gasteiger partial charge in [-0.3, -0.25) is 19.1 Å². The van der Waals surface area contributed by atoms with Gasteiger partial charge in [0.15, 0.2) is 0 Å². The largest absolute Gasteiger partial charge is 0.433 e. The molecule has 1 aromatic carbocycles. The SMILES string of the molecule is Cc1cc(NC(=O)c2cncc(C#Cc3cnc4nc(C(F)(F)F)ccn34)c2)ccc1CN1CCN(C)CC1. The fourth-order valence-corrected chi connectivity index (χ4v) is 4.29. The van der Waals surface area contributed by atoms with Crippen molar-refractivity contribution in [3.63, 3.8) is 0 Å². The van der Waals surface area contributed by atoms with Crippen molar-refractivity contribution in [2.75, 3.05) is 38.5 Å². The average Bonchev–Trinajstić information content (AvgIpc) is 3.32. The van der Waals surface area contributed by atoms with Crippen LogP contribution in [-0.2, 0) is 12.7 Å². The summed E-state index contributed by atoms with van der Waals surface area (Å²) in [5.41, 5.74) is 3.15. The third-order valence-electron chi connectivity index (χ3n) is 6.60. The lowest BCUT2D eigenvalue weighted by atomic mass is 10.1. The minimum absolute atomic E-state index is 0.106. The number of rotatable bonds is 4. The molecule has 0 spiro atoms. The van der Waals surface area contributed by atoms with Gasteiger partial charge >= 0.3 is 6.18 Å². The Hall–Kier alpha value is -4.27. The normalized spacial score (nSPS) is 14.7. The van der Waals surface area contributed by atoms with E-state index in [1.54, 1.807) is 6.07 Å². The number of nitrogens with one attached hydrogen (secondary N) is 1. The molecule has 1 fully saturated rings. The molecule has 0 bridgehead atoms. The van der Waals surface area contributed by atoms with Crippen LogP contribution >= 0.6 is 0 Å². The lowest BCUT2D eigenvalue weighted by molar-refractivity contribution is -0.141. The van der Waals surface area contributed by atoms with E-state index in [2.05, 4.69) is 49.0 Å². The molecule has 200 valence electrons. The Bertz CT molecular complexity index is 1580. The van der Waals surface area contributed by atoms with Gasteiger partial charge in [0.05, 0.1) is 11.8 Å². The zero-order chi connectivity index (χ0) is 27.6. The predicted molar refractivity (Wildman–Crippen MR) is 140 cm³/mol. The lowest BCUT2D eigenvalue weighted by Crippen LogP contribution is -2.43. The van der Waals surface area contributed by atoms with Crippen molar-refractivity contribution < 1.29 is 18.0 Å². The Kier molecular flexibility index (Phi) is 7.32. The molecule has 4 aromatic rings. The van der Waals surface area contributed by atoms with Gasteiger partial charge in [0, 0.05) is 62.6 Å². The number of anilines is 1. The van der Waals surface area contributed by atoms with E-state index in [-0.39, 0.29) is 11.7 Å². The van der Waals surface area contributed by atoms with E-state index in [4.69, 9.17) is 0 Å². The van der Waals surface area contributed by atoms with Gasteiger partial charge in [-0.2, -0.15) is 13.2 Å². The van der Waals surface area contributed by atoms with Gasteiger partial charge in [0.25, 0.3) is 5.91 Å². The number of likely N-dealkylation sites (N-methyl/N-ethyl adjacent to an activating group) is 1. The number of benzene rings is 1. The van der Waals surface area contributed by atoms with E-state index >= 15 is 0 Å². The van der Waals surface area contributed by atoms with Gasteiger partial charge in [-0.25, -0.2) is 9.97 Å². The second kappa shape index (κ2) is 10.8. The summed E-state index contributed by atoms with van der Waals surface area (Å²) in [5.74, 6) is 5.32. The molecule has 1 aliphatic rings. The van der Waals surface area contributed by atoms with Crippen LogP contribution in [0.4, 0.5) is 18.9 Å². The van der Waals surface area contributed by atoms with Crippen molar-refractivity contribution in [1.82, 2.24) is 29.2 Å². The molecule has 4 heterocycles. The molecular weight excluding hydrogens is 507 g/mol. The number of alkyl halides is 3. The van der Waals surface area contributed by atoms with Crippen molar-refractivity contribution in [2.45, 2.75) is 19.6 Å². The standard InChI is InChI=1S/C28H26F3N7O/c1-19-13-23(5-4-21(19)18-37-11-9-36(2)10-12-37)34-26(39)22-14-20(15-32-16-22)3-6-24-17-33-27-35-25(28(29,30)31)7-8-38(24)27/h4-5,7-8,13-17H,9-12,18H2,1-2H3,(H,34,39). The fraction of sp³-hybridized carbons (Fsp3) is 0.286. The molecule has 8 nitrogen and oxygen atoms in total. The molecule has 39 heavy (non-hydrogen) atoms. The fourth-order valence-electron chi connectivity index (χ4n) is 4.29. The van der Waals surface area contributed by atoms with Crippen LogP contribution in [0.2, 0.25) is 0 Å². The zero-order valence-electron chi connectivity index (χ0n) is 21.5. The van der Waals surface area contributed by atoms with Crippen molar-refractivity contribution in [3.8, 4) is 11.8 Å². The summed E-state index contributed by atoms with van der Waals surface area (Å²) in [6.07, 6.45) is 0.964. The number of carbonyl (C=O) groups is 1. The van der Waals surface area contributed by atoms with Crippen LogP contribution in [-0.4, -0.2) is 68.3 Å². The lowest BCUT2D eigenvalue weighted by Gasteiger charge is -2.32. The minimum atomic E-state index is -4.56. The molecule has 1 aliphatic heterocycles. The highest BCUT2D eigenvalue weighted by Crippen LogP contribution is 2.27. The van der Waals surface area contributed by atoms with E-state index in [9.17, 15) is 18.0 Å². The average molecular weight is 534 g/mol. The van der Waals surface area contributed by atoms with Crippen LogP contribution in [0.1, 0.15) is 38.4 Å². The van der Waals surface area contributed by atoms with Crippen molar-refractivity contribution in [3.05, 3.63) is 88.8 Å². The molecule has 0 radical (unpaired) electrons. The molecule has 1 saturated heterocycles. The first-order valence-electron chi connectivity index (χ1n) is 12.4. The van der Waals surface area contributed by atoms with Gasteiger partial charge in [0.2, 0.25) is 5.78 Å². The number of pyridine rings is 1. The van der Waals surface area contributed by atoms with Gasteiger partial charge in [0.1, 0.15) is 11.4 Å². The predicted octanol–water partition coefficient (Wildman–Crippen LogP) is 3.85. The van der Waals surface area contributed by atoms with Crippen molar-refractivity contribution in [1.29, 1.82) is 0 Å². The highest BCUT2D eigenvalue weighted by molar-refractivity contribution is 6.04. The van der Waals surface area contributed by atoms with E-state index in [1.165, 1.54) is 34.8 Å². The molecule has 11 heteroatoms. The van der Waals surface area contributed by atoms with Crippen LogP contribution < -0.4 is 5.32 Å². The summed E-state index contributed by atoms with van der Waals surface area (Å²) in [6, 6.07) is 8.38. The highest BCUT2D eigenvalue weighted by atomic mass is 19.4. The van der Waals surface area contributed by atoms with Gasteiger partial charge in [-0.15, -0.1) is 0 Å². The number of imidazole rings is 1. The number of piperazine rings is 1. The molecule has 0 unspecified atom stereocenters. The Balaban J connectivity index is 1.26. The Morgan fingerprint density at radius 2 is 1.85 bits per heavy atom. The van der Waals surface area contributed by atoms with Gasteiger partial charge in [-0.05, 0) is 55.3 Å². The molecule has 1 amide bonds. The molecular formula is C28H26F3N7O. The minimum Gasteiger partial charge on any atom is -0.322 e. The molecule has 0 atom stereocenters. The number of aryl methyl sites for hydroxylation is 1. The summed E-state index contributed by atoms with van der Waals surface area (Å²) in [6.45, 7) is 7.11. The molecule has 3 aromatic heterocycles. The van der Waals surface area contributed by atoms with Crippen LogP contribution in [0.5, 0.6) is 0 Å². The van der Waals surface area contributed by atoms with Gasteiger partial charge < -0.3 is 10.2 Å². The number of hydrogen-bond acceptors (Lipinski definition) is 6. The summed E-state index contributed by atoms with van der Waals surface area (Å²) in [4.78, 5) is 29.2. The smallest absolute Gasteiger partial charge is 0.322 e. The van der Waals surface area contributed by atoms with Crippen molar-refractivity contribution >= 4 is 17.4 Å². The Morgan fingerprint density at radius 3 is 2.59 bits per heavy atom. The van der Waals surface area contributed by atoms with Gasteiger partial charge in [-0.1, -0.05) is 12.0 Å². The van der Waals surface area contributed by atoms with Crippen LogP contribution in [0.3, 0.4) is 0 Å². The number of fused-ring (bicyclic) bond motifs is 1. The van der Waals surface area contributed by atoms with Crippen LogP contribution in [0.25, 0.3) is 5.78 Å². The topological polar surface area (TPSA) is 78.7 Å². The first kappa shape index (κ1) is 26.3. The number of amides is 1. The maximum absolute atomic E-state index is 12.9. The summed E-state index contributed by atoms with van der Waals surface area (Å²) >= 11 is 0. The molecule has 0 saturated carbocycles. The molecule has 5 rings (SSSR count). The summed E-state index contributed by atoms with van der Waals surface area (Å²) < 4.78 is 40.1. The van der Waals surface area contributed by atoms with E-state index in [0.29, 0.717) is 22.5 Å². The van der Waals surface area contributed by atoms with E-state index in [1.807, 2.05) is 25.1 Å². The monoisotopic (exact) mass is 533 g/mol. The molecule has 0 aliphatic carbocycles. The maximum atomic E-state index is 12.9. The third kappa shape index (κ3) is 6.25. The zero-order valence-corrected chi connectivity index (χ0v) is 21.5. The number of nitrogens with zero attached hydrogens (tertiary/aromatic N) is 6. The summed E-state index contributed by atoms with van der Waals surface area (Å²) in [5, 5.41) is 2.91. The Labute approximate surface area is 223 Å². The number of halogens is 3. The number of hydrogen-bond donors (Lipinski definition) is 1. The number of aromatic nitrogens is 4. The van der Waals surface area contributed by atoms with E-state index in [0.717, 1.165) is 44.4 Å². The second-order valence-electron chi connectivity index (χ2n) is 9.51. The first-order chi connectivity index (χ1) is 18.7. The number of carbonyl (C=O) groups excluding carboxylic acids is 1. The quantitative estimate of drug-likeness (QED) is 0.402. The highest BCUT2D eigenvalue weighted by Gasteiger charge is 2.32. The summed E-state index contributed by atoms with van der Waals surface area (Å²) in [7, 11) is 2.13. The van der Waals surface area contributed by atoms with E-state index < -0.39 is 11.9 Å². The third-order valence-corrected chi connectivity index (χ3v) is 6.60. The van der Waals surface area contributed by atoms with Crippen LogP contribution in [0.15, 0.2) is 55.1 Å². The van der Waals surface area contributed by atoms with Crippen LogP contribution in [0, 0.1) is 18.8 Å².